The zero-order valence-corrected chi connectivity index (χ0v) is 47.4. The number of para-hydroxylation sites is 1. The van der Waals surface area contributed by atoms with Gasteiger partial charge in [0.05, 0.1) is 11.0 Å². The maximum Gasteiger partial charge on any atom is 0.164 e. The molecule has 0 atom stereocenters. The fourth-order valence-corrected chi connectivity index (χ4v) is 12.1. The third-order valence-electron chi connectivity index (χ3n) is 16.6. The Hall–Kier alpha value is -12.0. The summed E-state index contributed by atoms with van der Waals surface area (Å²) < 4.78 is 0. The lowest BCUT2D eigenvalue weighted by Gasteiger charge is -2.14. The maximum atomic E-state index is 5.31. The molecule has 0 radical (unpaired) electrons. The van der Waals surface area contributed by atoms with Crippen LogP contribution in [-0.2, 0) is 0 Å². The molecule has 4 heterocycles. The molecular formula is C80H50N8. The topological polar surface area (TPSA) is 103 Å². The van der Waals surface area contributed by atoms with E-state index >= 15 is 0 Å². The summed E-state index contributed by atoms with van der Waals surface area (Å²) >= 11 is 0. The van der Waals surface area contributed by atoms with E-state index in [-0.39, 0.29) is 0 Å². The number of rotatable bonds is 11. The number of pyridine rings is 2. The molecule has 0 aliphatic carbocycles. The molecule has 0 amide bonds. The number of hydrogen-bond donors (Lipinski definition) is 0. The van der Waals surface area contributed by atoms with Crippen molar-refractivity contribution in [3.63, 3.8) is 0 Å². The summed E-state index contributed by atoms with van der Waals surface area (Å²) in [6.07, 6.45) is 3.74. The highest BCUT2D eigenvalue weighted by Crippen LogP contribution is 2.39. The summed E-state index contributed by atoms with van der Waals surface area (Å²) in [7, 11) is 0. The van der Waals surface area contributed by atoms with Crippen LogP contribution < -0.4 is 0 Å². The van der Waals surface area contributed by atoms with Crippen molar-refractivity contribution in [2.24, 2.45) is 0 Å². The van der Waals surface area contributed by atoms with Crippen LogP contribution in [0.1, 0.15) is 0 Å². The number of hydrogen-bond acceptors (Lipinski definition) is 8. The van der Waals surface area contributed by atoms with E-state index in [1.807, 2.05) is 30.6 Å². The van der Waals surface area contributed by atoms with E-state index in [1.54, 1.807) is 0 Å². The molecule has 0 unspecified atom stereocenters. The molecule has 410 valence electrons. The van der Waals surface area contributed by atoms with Gasteiger partial charge in [-0.3, -0.25) is 9.97 Å². The molecule has 8 heteroatoms. The normalized spacial score (nSPS) is 11.4. The molecule has 16 rings (SSSR count). The number of nitrogens with zero attached hydrogens (tertiary/aromatic N) is 8. The van der Waals surface area contributed by atoms with E-state index in [0.29, 0.717) is 34.9 Å². The van der Waals surface area contributed by atoms with E-state index in [1.165, 1.54) is 0 Å². The van der Waals surface area contributed by atoms with Crippen LogP contribution in [0.2, 0.25) is 0 Å². The Labute approximate surface area is 508 Å². The van der Waals surface area contributed by atoms with Crippen LogP contribution in [0, 0.1) is 0 Å². The van der Waals surface area contributed by atoms with Gasteiger partial charge in [0, 0.05) is 62.1 Å². The average Bonchev–Trinajstić information content (AvgIpc) is 3.72. The van der Waals surface area contributed by atoms with Crippen LogP contribution >= 0.6 is 0 Å². The lowest BCUT2D eigenvalue weighted by atomic mass is 9.93. The largest absolute Gasteiger partial charge is 0.256 e. The molecule has 0 saturated heterocycles. The van der Waals surface area contributed by atoms with Gasteiger partial charge in [0.2, 0.25) is 0 Å². The Morgan fingerprint density at radius 2 is 0.557 bits per heavy atom. The highest BCUT2D eigenvalue weighted by atomic mass is 15.0. The lowest BCUT2D eigenvalue weighted by Crippen LogP contribution is -2.01. The molecule has 0 spiro atoms. The SMILES string of the molecule is c1ccc(-c2ccc(-c3nc(-c4ccc(-c5ccccc5)cc4)nc(-c4ccc(-c5ccnc6cc(-c7cccc8c(-c9nc(-c%10ccc(-c%11cccc%12cccnc%11%12)cc%10)nc(-c%10cccc%11ccccc%10%11)n9)cccc78)ccc56)cc4)n3)cc2)cc1. The van der Waals surface area contributed by atoms with Gasteiger partial charge in [-0.15, -0.1) is 0 Å². The maximum absolute atomic E-state index is 5.31. The first-order valence-corrected chi connectivity index (χ1v) is 29.4. The summed E-state index contributed by atoms with van der Waals surface area (Å²) in [6, 6.07) is 101. The average molecular weight is 1120 g/mol. The smallest absolute Gasteiger partial charge is 0.164 e. The molecule has 12 aromatic carbocycles. The second-order valence-electron chi connectivity index (χ2n) is 21.9. The third kappa shape index (κ3) is 9.76. The molecule has 88 heavy (non-hydrogen) atoms. The van der Waals surface area contributed by atoms with Gasteiger partial charge in [-0.05, 0) is 89.8 Å². The van der Waals surface area contributed by atoms with Crippen LogP contribution in [0.4, 0.5) is 0 Å². The molecule has 0 saturated carbocycles. The van der Waals surface area contributed by atoms with E-state index in [2.05, 4.69) is 273 Å². The monoisotopic (exact) mass is 1120 g/mol. The van der Waals surface area contributed by atoms with E-state index in [0.717, 1.165) is 132 Å². The minimum absolute atomic E-state index is 0.589. The molecular weight excluding hydrogens is 1070 g/mol. The molecule has 0 N–H and O–H groups in total. The zero-order chi connectivity index (χ0) is 58.3. The van der Waals surface area contributed by atoms with Gasteiger partial charge in [-0.25, -0.2) is 29.9 Å². The summed E-state index contributed by atoms with van der Waals surface area (Å²) in [4.78, 5) is 40.8. The number of aromatic nitrogens is 8. The van der Waals surface area contributed by atoms with Gasteiger partial charge in [0.15, 0.2) is 34.9 Å². The van der Waals surface area contributed by atoms with Crippen molar-refractivity contribution in [1.29, 1.82) is 0 Å². The van der Waals surface area contributed by atoms with Crippen LogP contribution in [0.25, 0.3) is 167 Å². The first kappa shape index (κ1) is 51.6. The van der Waals surface area contributed by atoms with Crippen molar-refractivity contribution in [2.45, 2.75) is 0 Å². The Bertz CT molecular complexity index is 5180. The first-order valence-electron chi connectivity index (χ1n) is 29.4. The van der Waals surface area contributed by atoms with Crippen molar-refractivity contribution in [3.05, 3.63) is 304 Å². The van der Waals surface area contributed by atoms with Gasteiger partial charge in [0.25, 0.3) is 0 Å². The minimum Gasteiger partial charge on any atom is -0.256 e. The standard InChI is InChI=1S/C80H50N8/c1-3-14-51(15-4-1)53-29-37-59(38-30-53)75-83-76(60-39-31-54(32-40-60)52-16-5-2-6-17-52)85-77(84-75)61-41-33-56(34-42-61)66-47-49-81-73-50-63(45-46-70(66)73)65-23-11-26-69-68(65)25-12-28-72(69)80-87-78(86-79(88-80)71-27-9-19-55-18-7-8-22-64(55)71)62-43-35-57(36-44-62)67-24-10-20-58-21-13-48-82-74(58)67/h1-50H. The minimum atomic E-state index is 0.589. The fraction of sp³-hybridized carbons (Fsp3) is 0. The van der Waals surface area contributed by atoms with Crippen LogP contribution in [-0.4, -0.2) is 39.9 Å². The van der Waals surface area contributed by atoms with Crippen LogP contribution in [0.15, 0.2) is 304 Å². The second-order valence-corrected chi connectivity index (χ2v) is 21.9. The van der Waals surface area contributed by atoms with E-state index in [9.17, 15) is 0 Å². The van der Waals surface area contributed by atoms with Crippen LogP contribution in [0.5, 0.6) is 0 Å². The first-order chi connectivity index (χ1) is 43.6. The highest BCUT2D eigenvalue weighted by Gasteiger charge is 2.19. The molecule has 8 nitrogen and oxygen atoms in total. The van der Waals surface area contributed by atoms with Crippen molar-refractivity contribution in [3.8, 4) is 124 Å². The Balaban J connectivity index is 0.736. The third-order valence-corrected chi connectivity index (χ3v) is 16.6. The number of benzene rings is 12. The highest BCUT2D eigenvalue weighted by molar-refractivity contribution is 6.06. The molecule has 0 fully saturated rings. The number of fused-ring (bicyclic) bond motifs is 4. The summed E-state index contributed by atoms with van der Waals surface area (Å²) in [5, 5.41) is 6.43. The van der Waals surface area contributed by atoms with Crippen molar-refractivity contribution in [1.82, 2.24) is 39.9 Å². The van der Waals surface area contributed by atoms with Crippen molar-refractivity contribution in [2.75, 3.05) is 0 Å². The van der Waals surface area contributed by atoms with Crippen LogP contribution in [0.3, 0.4) is 0 Å². The molecule has 0 bridgehead atoms. The van der Waals surface area contributed by atoms with Crippen molar-refractivity contribution < 1.29 is 0 Å². The molecule has 0 aliphatic rings. The quantitative estimate of drug-likeness (QED) is 0.126. The predicted octanol–water partition coefficient (Wildman–Crippen LogP) is 19.8. The summed E-state index contributed by atoms with van der Waals surface area (Å²) in [5.41, 5.74) is 18.2. The van der Waals surface area contributed by atoms with Gasteiger partial charge in [-0.1, -0.05) is 273 Å². The van der Waals surface area contributed by atoms with Gasteiger partial charge < -0.3 is 0 Å². The van der Waals surface area contributed by atoms with E-state index in [4.69, 9.17) is 39.9 Å². The molecule has 0 aliphatic heterocycles. The Morgan fingerprint density at radius 3 is 1.15 bits per heavy atom. The zero-order valence-electron chi connectivity index (χ0n) is 47.4. The molecule has 16 aromatic rings. The van der Waals surface area contributed by atoms with Gasteiger partial charge in [-0.2, -0.15) is 0 Å². The van der Waals surface area contributed by atoms with E-state index < -0.39 is 0 Å². The van der Waals surface area contributed by atoms with Gasteiger partial charge in [0.1, 0.15) is 0 Å². The summed E-state index contributed by atoms with van der Waals surface area (Å²) in [5.74, 6) is 3.59. The van der Waals surface area contributed by atoms with Gasteiger partial charge >= 0.3 is 0 Å². The Kier molecular flexibility index (Phi) is 13.0. The predicted molar refractivity (Wildman–Crippen MR) is 359 cm³/mol. The molecule has 4 aromatic heterocycles. The second kappa shape index (κ2) is 22.2. The lowest BCUT2D eigenvalue weighted by molar-refractivity contribution is 1.07. The fourth-order valence-electron chi connectivity index (χ4n) is 12.1. The Morgan fingerprint density at radius 1 is 0.182 bits per heavy atom. The van der Waals surface area contributed by atoms with Crippen molar-refractivity contribution >= 4 is 43.4 Å². The summed E-state index contributed by atoms with van der Waals surface area (Å²) in [6.45, 7) is 0.